The summed E-state index contributed by atoms with van der Waals surface area (Å²) in [5.41, 5.74) is 0.749. The second-order valence-electron chi connectivity index (χ2n) is 3.67. The van der Waals surface area contributed by atoms with Gasteiger partial charge in [-0.05, 0) is 27.7 Å². The van der Waals surface area contributed by atoms with Gasteiger partial charge in [0, 0.05) is 6.08 Å². The SMILES string of the molecule is CCOC(=O)C(NC(=O)C=C(C)C)C(=O)OCC. The molecule has 0 aliphatic rings. The van der Waals surface area contributed by atoms with Crippen LogP contribution in [0.4, 0.5) is 0 Å². The van der Waals surface area contributed by atoms with E-state index in [1.807, 2.05) is 0 Å². The Labute approximate surface area is 106 Å². The zero-order valence-corrected chi connectivity index (χ0v) is 11.1. The van der Waals surface area contributed by atoms with Crippen molar-refractivity contribution in [2.75, 3.05) is 13.2 Å². The Hall–Kier alpha value is -1.85. The minimum Gasteiger partial charge on any atom is -0.464 e. The Morgan fingerprint density at radius 3 is 1.83 bits per heavy atom. The van der Waals surface area contributed by atoms with E-state index in [1.165, 1.54) is 6.08 Å². The predicted octanol–water partition coefficient (Wildman–Crippen LogP) is 0.564. The molecule has 0 aromatic rings. The van der Waals surface area contributed by atoms with E-state index in [9.17, 15) is 14.4 Å². The third-order valence-electron chi connectivity index (χ3n) is 1.75. The molecule has 0 fully saturated rings. The van der Waals surface area contributed by atoms with E-state index >= 15 is 0 Å². The number of amides is 1. The van der Waals surface area contributed by atoms with Gasteiger partial charge < -0.3 is 14.8 Å². The molecular formula is C12H19NO5. The fourth-order valence-electron chi connectivity index (χ4n) is 1.11. The minimum absolute atomic E-state index is 0.118. The second kappa shape index (κ2) is 8.27. The van der Waals surface area contributed by atoms with Crippen LogP contribution in [0.1, 0.15) is 27.7 Å². The van der Waals surface area contributed by atoms with Crippen LogP contribution in [0, 0.1) is 0 Å². The van der Waals surface area contributed by atoms with E-state index in [2.05, 4.69) is 5.32 Å². The Morgan fingerprint density at radius 1 is 1.06 bits per heavy atom. The van der Waals surface area contributed by atoms with Gasteiger partial charge in [-0.2, -0.15) is 0 Å². The third-order valence-corrected chi connectivity index (χ3v) is 1.75. The van der Waals surface area contributed by atoms with Crippen LogP contribution in [0.2, 0.25) is 0 Å². The largest absolute Gasteiger partial charge is 0.464 e. The molecule has 0 rings (SSSR count). The molecule has 0 heterocycles. The fraction of sp³-hybridized carbons (Fsp3) is 0.583. The molecule has 0 aliphatic heterocycles. The number of carbonyl (C=O) groups excluding carboxylic acids is 3. The van der Waals surface area contributed by atoms with E-state index in [0.717, 1.165) is 5.57 Å². The summed E-state index contributed by atoms with van der Waals surface area (Å²) < 4.78 is 9.40. The summed E-state index contributed by atoms with van der Waals surface area (Å²) in [6.07, 6.45) is 1.28. The number of carbonyl (C=O) groups is 3. The smallest absolute Gasteiger partial charge is 0.340 e. The Kier molecular flexibility index (Phi) is 7.42. The Bertz CT molecular complexity index is 326. The minimum atomic E-state index is -1.42. The van der Waals surface area contributed by atoms with E-state index < -0.39 is 23.9 Å². The Morgan fingerprint density at radius 2 is 1.50 bits per heavy atom. The average molecular weight is 257 g/mol. The van der Waals surface area contributed by atoms with E-state index in [4.69, 9.17) is 9.47 Å². The maximum absolute atomic E-state index is 11.5. The molecule has 0 aromatic carbocycles. The van der Waals surface area contributed by atoms with Crippen molar-refractivity contribution in [3.8, 4) is 0 Å². The van der Waals surface area contributed by atoms with Gasteiger partial charge in [0.2, 0.25) is 11.9 Å². The number of nitrogens with one attached hydrogen (secondary N) is 1. The predicted molar refractivity (Wildman–Crippen MR) is 64.6 cm³/mol. The maximum atomic E-state index is 11.5. The molecule has 0 unspecified atom stereocenters. The first-order valence-corrected chi connectivity index (χ1v) is 5.71. The van der Waals surface area contributed by atoms with Crippen molar-refractivity contribution in [3.05, 3.63) is 11.6 Å². The van der Waals surface area contributed by atoms with Crippen molar-refractivity contribution in [1.82, 2.24) is 5.32 Å². The van der Waals surface area contributed by atoms with Crippen LogP contribution in [0.25, 0.3) is 0 Å². The molecule has 18 heavy (non-hydrogen) atoms. The summed E-state index contributed by atoms with van der Waals surface area (Å²) in [6, 6.07) is -1.42. The van der Waals surface area contributed by atoms with Crippen molar-refractivity contribution in [3.63, 3.8) is 0 Å². The van der Waals surface area contributed by atoms with E-state index in [0.29, 0.717) is 0 Å². The third kappa shape index (κ3) is 6.03. The van der Waals surface area contributed by atoms with Crippen LogP contribution in [0.5, 0.6) is 0 Å². The van der Waals surface area contributed by atoms with Crippen molar-refractivity contribution < 1.29 is 23.9 Å². The molecule has 0 atom stereocenters. The molecule has 0 saturated carbocycles. The zero-order valence-electron chi connectivity index (χ0n) is 11.1. The summed E-state index contributed by atoms with van der Waals surface area (Å²) in [5.74, 6) is -2.20. The van der Waals surface area contributed by atoms with Gasteiger partial charge in [-0.15, -0.1) is 0 Å². The van der Waals surface area contributed by atoms with Crippen molar-refractivity contribution in [1.29, 1.82) is 0 Å². The number of ether oxygens (including phenoxy) is 2. The first-order valence-electron chi connectivity index (χ1n) is 5.71. The topological polar surface area (TPSA) is 81.7 Å². The highest BCUT2D eigenvalue weighted by molar-refractivity contribution is 6.04. The van der Waals surface area contributed by atoms with Gasteiger partial charge in [0.25, 0.3) is 0 Å². The molecule has 0 saturated heterocycles. The lowest BCUT2D eigenvalue weighted by Crippen LogP contribution is -2.47. The number of hydrogen-bond donors (Lipinski definition) is 1. The van der Waals surface area contributed by atoms with E-state index in [1.54, 1.807) is 27.7 Å². The lowest BCUT2D eigenvalue weighted by Gasteiger charge is -2.14. The highest BCUT2D eigenvalue weighted by Crippen LogP contribution is 1.96. The highest BCUT2D eigenvalue weighted by atomic mass is 16.6. The second-order valence-corrected chi connectivity index (χ2v) is 3.67. The number of allylic oxidation sites excluding steroid dienone is 1. The summed E-state index contributed by atoms with van der Waals surface area (Å²) in [7, 11) is 0. The first kappa shape index (κ1) is 16.1. The van der Waals surface area contributed by atoms with Gasteiger partial charge in [0.1, 0.15) is 0 Å². The molecule has 102 valence electrons. The van der Waals surface area contributed by atoms with E-state index in [-0.39, 0.29) is 13.2 Å². The van der Waals surface area contributed by atoms with Crippen molar-refractivity contribution in [2.24, 2.45) is 0 Å². The lowest BCUT2D eigenvalue weighted by atomic mass is 10.2. The summed E-state index contributed by atoms with van der Waals surface area (Å²) in [5, 5.41) is 2.25. The van der Waals surface area contributed by atoms with Crippen LogP contribution in [0.15, 0.2) is 11.6 Å². The van der Waals surface area contributed by atoms with Crippen molar-refractivity contribution >= 4 is 17.8 Å². The van der Waals surface area contributed by atoms with Crippen LogP contribution in [-0.2, 0) is 23.9 Å². The molecule has 0 radical (unpaired) electrons. The number of rotatable bonds is 6. The standard InChI is InChI=1S/C12H19NO5/c1-5-17-11(15)10(12(16)18-6-2)13-9(14)7-8(3)4/h7,10H,5-6H2,1-4H3,(H,13,14). The summed E-state index contributed by atoms with van der Waals surface area (Å²) in [6.45, 7) is 6.91. The molecule has 1 amide bonds. The van der Waals surface area contributed by atoms with Gasteiger partial charge >= 0.3 is 11.9 Å². The van der Waals surface area contributed by atoms with Crippen LogP contribution >= 0.6 is 0 Å². The van der Waals surface area contributed by atoms with Crippen LogP contribution in [-0.4, -0.2) is 37.1 Å². The summed E-state index contributed by atoms with van der Waals surface area (Å²) in [4.78, 5) is 34.5. The monoisotopic (exact) mass is 257 g/mol. The lowest BCUT2D eigenvalue weighted by molar-refractivity contribution is -0.159. The van der Waals surface area contributed by atoms with Gasteiger partial charge in [-0.3, -0.25) is 4.79 Å². The molecule has 6 heteroatoms. The molecule has 0 aromatic heterocycles. The van der Waals surface area contributed by atoms with Gasteiger partial charge in [-0.1, -0.05) is 5.57 Å². The highest BCUT2D eigenvalue weighted by Gasteiger charge is 2.30. The zero-order chi connectivity index (χ0) is 14.1. The van der Waals surface area contributed by atoms with Crippen LogP contribution in [0.3, 0.4) is 0 Å². The first-order chi connectivity index (χ1) is 8.42. The molecule has 0 aliphatic carbocycles. The molecular weight excluding hydrogens is 238 g/mol. The molecule has 6 nitrogen and oxygen atoms in total. The van der Waals surface area contributed by atoms with Gasteiger partial charge in [-0.25, -0.2) is 9.59 Å². The molecule has 1 N–H and O–H groups in total. The molecule has 0 bridgehead atoms. The maximum Gasteiger partial charge on any atom is 0.340 e. The number of esters is 2. The quantitative estimate of drug-likeness (QED) is 0.427. The summed E-state index contributed by atoms with van der Waals surface area (Å²) >= 11 is 0. The number of hydrogen-bond acceptors (Lipinski definition) is 5. The Balaban J connectivity index is 4.77. The van der Waals surface area contributed by atoms with Gasteiger partial charge in [0.05, 0.1) is 13.2 Å². The molecule has 0 spiro atoms. The average Bonchev–Trinajstić information content (AvgIpc) is 2.25. The van der Waals surface area contributed by atoms with Gasteiger partial charge in [0.15, 0.2) is 0 Å². The normalized spacial score (nSPS) is 9.61. The van der Waals surface area contributed by atoms with Crippen molar-refractivity contribution in [2.45, 2.75) is 33.7 Å². The van der Waals surface area contributed by atoms with Crippen LogP contribution < -0.4 is 5.32 Å². The fourth-order valence-corrected chi connectivity index (χ4v) is 1.11.